The predicted molar refractivity (Wildman–Crippen MR) is 90.6 cm³/mol. The molecule has 0 fully saturated rings. The van der Waals surface area contributed by atoms with E-state index >= 15 is 0 Å². The first-order valence-electron chi connectivity index (χ1n) is 7.50. The molecule has 3 heteroatoms. The van der Waals surface area contributed by atoms with Crippen LogP contribution in [0.4, 0.5) is 5.69 Å². The zero-order valence-corrected chi connectivity index (χ0v) is 13.0. The smallest absolute Gasteiger partial charge is 0.168 e. The molecule has 0 atom stereocenters. The summed E-state index contributed by atoms with van der Waals surface area (Å²) in [5.74, 6) is 0.0971. The first-order chi connectivity index (χ1) is 10.4. The number of nitrogens with two attached hydrogens (primary N) is 1. The number of benzene rings is 2. The Kier molecular flexibility index (Phi) is 3.57. The van der Waals surface area contributed by atoms with Crippen LogP contribution in [0.3, 0.4) is 0 Å². The molecule has 1 aliphatic rings. The second kappa shape index (κ2) is 5.41. The molecule has 0 saturated heterocycles. The highest BCUT2D eigenvalue weighted by atomic mass is 16.1. The maximum Gasteiger partial charge on any atom is 0.168 e. The van der Waals surface area contributed by atoms with Crippen molar-refractivity contribution in [2.75, 3.05) is 5.73 Å². The van der Waals surface area contributed by atoms with Gasteiger partial charge in [0.2, 0.25) is 0 Å². The first-order valence-corrected chi connectivity index (χ1v) is 7.50. The fourth-order valence-electron chi connectivity index (χ4n) is 2.99. The summed E-state index contributed by atoms with van der Waals surface area (Å²) in [6, 6.07) is 15.2. The third-order valence-electron chi connectivity index (χ3n) is 3.92. The summed E-state index contributed by atoms with van der Waals surface area (Å²) in [5, 5.41) is 0. The quantitative estimate of drug-likeness (QED) is 0.693. The highest BCUT2D eigenvalue weighted by molar-refractivity contribution is 6.16. The lowest BCUT2D eigenvalue weighted by Gasteiger charge is -2.29. The minimum Gasteiger partial charge on any atom is -0.399 e. The van der Waals surface area contributed by atoms with Gasteiger partial charge in [-0.3, -0.25) is 9.79 Å². The van der Waals surface area contributed by atoms with Gasteiger partial charge in [0, 0.05) is 11.3 Å². The number of anilines is 1. The molecule has 1 heterocycles. The largest absolute Gasteiger partial charge is 0.399 e. The molecular formula is C19H20N2O. The van der Waals surface area contributed by atoms with E-state index in [1.165, 1.54) is 5.56 Å². The molecule has 1 aliphatic heterocycles. The van der Waals surface area contributed by atoms with Gasteiger partial charge in [-0.1, -0.05) is 36.4 Å². The maximum atomic E-state index is 12.5. The SMILES string of the molecule is CC1(C)Cc2cc(N)ccc2C(CC(=O)c2ccccc2)=N1. The summed E-state index contributed by atoms with van der Waals surface area (Å²) in [4.78, 5) is 17.3. The number of rotatable bonds is 3. The molecular weight excluding hydrogens is 272 g/mol. The highest BCUT2D eigenvalue weighted by Crippen LogP contribution is 2.29. The van der Waals surface area contributed by atoms with E-state index in [0.29, 0.717) is 6.42 Å². The van der Waals surface area contributed by atoms with E-state index in [-0.39, 0.29) is 11.3 Å². The number of Topliss-reactive ketones (excluding diaryl/α,β-unsaturated/α-hetero) is 1. The highest BCUT2D eigenvalue weighted by Gasteiger charge is 2.27. The molecule has 3 nitrogen and oxygen atoms in total. The number of nitrogens with zero attached hydrogens (tertiary/aromatic N) is 1. The van der Waals surface area contributed by atoms with Crippen LogP contribution in [0.15, 0.2) is 53.5 Å². The zero-order valence-electron chi connectivity index (χ0n) is 13.0. The van der Waals surface area contributed by atoms with Gasteiger partial charge in [-0.15, -0.1) is 0 Å². The lowest BCUT2D eigenvalue weighted by atomic mass is 9.85. The van der Waals surface area contributed by atoms with E-state index in [1.54, 1.807) is 0 Å². The Morgan fingerprint density at radius 1 is 1.18 bits per heavy atom. The summed E-state index contributed by atoms with van der Waals surface area (Å²) in [6.45, 7) is 4.18. The van der Waals surface area contributed by atoms with Gasteiger partial charge in [0.15, 0.2) is 5.78 Å². The Labute approximate surface area is 130 Å². The first kappa shape index (κ1) is 14.5. The van der Waals surface area contributed by atoms with Gasteiger partial charge in [0.05, 0.1) is 17.7 Å². The van der Waals surface area contributed by atoms with Crippen molar-refractivity contribution in [3.05, 3.63) is 65.2 Å². The summed E-state index contributed by atoms with van der Waals surface area (Å²) in [5.41, 5.74) is 10.3. The van der Waals surface area contributed by atoms with E-state index < -0.39 is 0 Å². The summed E-state index contributed by atoms with van der Waals surface area (Å²) >= 11 is 0. The molecule has 0 saturated carbocycles. The van der Waals surface area contributed by atoms with Crippen LogP contribution in [-0.4, -0.2) is 17.0 Å². The third kappa shape index (κ3) is 2.93. The maximum absolute atomic E-state index is 12.5. The van der Waals surface area contributed by atoms with Gasteiger partial charge in [-0.25, -0.2) is 0 Å². The molecule has 0 unspecified atom stereocenters. The van der Waals surface area contributed by atoms with Crippen molar-refractivity contribution >= 4 is 17.2 Å². The number of hydrogen-bond donors (Lipinski definition) is 1. The van der Waals surface area contributed by atoms with Crippen LogP contribution in [-0.2, 0) is 6.42 Å². The van der Waals surface area contributed by atoms with Gasteiger partial charge in [-0.2, -0.15) is 0 Å². The number of nitrogen functional groups attached to an aromatic ring is 1. The normalized spacial score (nSPS) is 15.8. The van der Waals surface area contributed by atoms with Crippen molar-refractivity contribution in [2.45, 2.75) is 32.2 Å². The molecule has 0 bridgehead atoms. The summed E-state index contributed by atoms with van der Waals surface area (Å²) in [7, 11) is 0. The molecule has 0 radical (unpaired) electrons. The van der Waals surface area contributed by atoms with Crippen molar-refractivity contribution in [3.8, 4) is 0 Å². The molecule has 2 aromatic rings. The Morgan fingerprint density at radius 3 is 2.64 bits per heavy atom. The minimum atomic E-state index is -0.201. The molecule has 0 aromatic heterocycles. The standard InChI is InChI=1S/C19H20N2O/c1-19(2)12-14-10-15(20)8-9-16(14)17(21-19)11-18(22)13-6-4-3-5-7-13/h3-10H,11-12,20H2,1-2H3. The van der Waals surface area contributed by atoms with Crippen molar-refractivity contribution in [1.29, 1.82) is 0 Å². The number of ketones is 1. The average Bonchev–Trinajstić information content (AvgIpc) is 2.46. The Balaban J connectivity index is 1.95. The molecule has 2 N–H and O–H groups in total. The minimum absolute atomic E-state index is 0.0971. The number of fused-ring (bicyclic) bond motifs is 1. The molecule has 22 heavy (non-hydrogen) atoms. The predicted octanol–water partition coefficient (Wildman–Crippen LogP) is 3.67. The number of carbonyl (C=O) groups is 1. The number of carbonyl (C=O) groups excluding carboxylic acids is 1. The van der Waals surface area contributed by atoms with Crippen LogP contribution in [0.25, 0.3) is 0 Å². The topological polar surface area (TPSA) is 55.5 Å². The molecule has 112 valence electrons. The van der Waals surface area contributed by atoms with Crippen molar-refractivity contribution in [1.82, 2.24) is 0 Å². The monoisotopic (exact) mass is 292 g/mol. The van der Waals surface area contributed by atoms with Crippen LogP contribution >= 0.6 is 0 Å². The van der Waals surface area contributed by atoms with E-state index in [0.717, 1.165) is 28.9 Å². The number of aliphatic imine (C=N–C) groups is 1. The van der Waals surface area contributed by atoms with E-state index in [1.807, 2.05) is 48.5 Å². The van der Waals surface area contributed by atoms with Crippen LogP contribution in [0, 0.1) is 0 Å². The lowest BCUT2D eigenvalue weighted by molar-refractivity contribution is 0.100. The van der Waals surface area contributed by atoms with Gasteiger partial charge < -0.3 is 5.73 Å². The van der Waals surface area contributed by atoms with Crippen molar-refractivity contribution in [3.63, 3.8) is 0 Å². The molecule has 2 aromatic carbocycles. The molecule has 3 rings (SSSR count). The Hall–Kier alpha value is -2.42. The average molecular weight is 292 g/mol. The van der Waals surface area contributed by atoms with Crippen LogP contribution in [0.2, 0.25) is 0 Å². The second-order valence-electron chi connectivity index (χ2n) is 6.43. The zero-order chi connectivity index (χ0) is 15.7. The molecule has 0 aliphatic carbocycles. The molecule has 0 spiro atoms. The van der Waals surface area contributed by atoms with Gasteiger partial charge in [0.1, 0.15) is 0 Å². The summed E-state index contributed by atoms with van der Waals surface area (Å²) < 4.78 is 0. The third-order valence-corrected chi connectivity index (χ3v) is 3.92. The van der Waals surface area contributed by atoms with Crippen LogP contribution in [0.1, 0.15) is 41.8 Å². The Morgan fingerprint density at radius 2 is 1.91 bits per heavy atom. The summed E-state index contributed by atoms with van der Waals surface area (Å²) in [6.07, 6.45) is 1.17. The van der Waals surface area contributed by atoms with Gasteiger partial charge in [-0.05, 0) is 43.5 Å². The number of hydrogen-bond acceptors (Lipinski definition) is 3. The Bertz CT molecular complexity index is 745. The van der Waals surface area contributed by atoms with Crippen molar-refractivity contribution in [2.24, 2.45) is 4.99 Å². The van der Waals surface area contributed by atoms with E-state index in [4.69, 9.17) is 10.7 Å². The van der Waals surface area contributed by atoms with Gasteiger partial charge in [0.25, 0.3) is 0 Å². The fraction of sp³-hybridized carbons (Fsp3) is 0.263. The fourth-order valence-corrected chi connectivity index (χ4v) is 2.99. The van der Waals surface area contributed by atoms with Crippen LogP contribution in [0.5, 0.6) is 0 Å². The second-order valence-corrected chi connectivity index (χ2v) is 6.43. The van der Waals surface area contributed by atoms with E-state index in [2.05, 4.69) is 13.8 Å². The van der Waals surface area contributed by atoms with Crippen molar-refractivity contribution < 1.29 is 4.79 Å². The van der Waals surface area contributed by atoms with Gasteiger partial charge >= 0.3 is 0 Å². The molecule has 0 amide bonds. The van der Waals surface area contributed by atoms with Crippen LogP contribution < -0.4 is 5.73 Å². The van der Waals surface area contributed by atoms with E-state index in [9.17, 15) is 4.79 Å². The lowest BCUT2D eigenvalue weighted by Crippen LogP contribution is -2.30.